The number of nitrogens with zero attached hydrogens (tertiary/aromatic N) is 1. The number of fused-ring (bicyclic) bond motifs is 1. The molecule has 110 valence electrons. The van der Waals surface area contributed by atoms with E-state index in [1.54, 1.807) is 0 Å². The minimum absolute atomic E-state index is 0.127. The second-order valence-electron chi connectivity index (χ2n) is 6.03. The zero-order valence-electron chi connectivity index (χ0n) is 12.3. The molecule has 2 fully saturated rings. The number of carbonyl (C=O) groups is 1. The quantitative estimate of drug-likeness (QED) is 0.853. The van der Waals surface area contributed by atoms with E-state index in [1.165, 1.54) is 19.3 Å². The van der Waals surface area contributed by atoms with Crippen LogP contribution < -0.4 is 0 Å². The molecule has 0 radical (unpaired) electrons. The van der Waals surface area contributed by atoms with Gasteiger partial charge in [0.2, 0.25) is 0 Å². The normalized spacial score (nSPS) is 33.1. The Morgan fingerprint density at radius 3 is 2.79 bits per heavy atom. The molecule has 19 heavy (non-hydrogen) atoms. The van der Waals surface area contributed by atoms with E-state index >= 15 is 0 Å². The molecule has 0 aromatic heterocycles. The van der Waals surface area contributed by atoms with Crippen molar-refractivity contribution in [2.24, 2.45) is 17.8 Å². The average molecular weight is 269 g/mol. The van der Waals surface area contributed by atoms with Crippen LogP contribution >= 0.6 is 0 Å². The molecule has 2 rings (SSSR count). The van der Waals surface area contributed by atoms with E-state index in [9.17, 15) is 9.90 Å². The number of rotatable bonds is 4. The smallest absolute Gasteiger partial charge is 0.410 e. The fraction of sp³-hybridized carbons (Fsp3) is 0.933. The third kappa shape index (κ3) is 2.73. The number of amides is 1. The van der Waals surface area contributed by atoms with Crippen molar-refractivity contribution in [3.63, 3.8) is 0 Å². The number of hydrogen-bond donors (Lipinski definition) is 1. The van der Waals surface area contributed by atoms with Crippen molar-refractivity contribution in [2.45, 2.75) is 58.6 Å². The maximum atomic E-state index is 12.1. The lowest BCUT2D eigenvalue weighted by Crippen LogP contribution is -2.45. The Morgan fingerprint density at radius 2 is 2.16 bits per heavy atom. The average Bonchev–Trinajstić information content (AvgIpc) is 2.97. The molecule has 1 aliphatic heterocycles. The van der Waals surface area contributed by atoms with Gasteiger partial charge in [-0.15, -0.1) is 0 Å². The first kappa shape index (κ1) is 14.6. The Labute approximate surface area is 116 Å². The highest BCUT2D eigenvalue weighted by atomic mass is 16.6. The summed E-state index contributed by atoms with van der Waals surface area (Å²) in [5.41, 5.74) is 0. The molecule has 1 heterocycles. The monoisotopic (exact) mass is 269 g/mol. The lowest BCUT2D eigenvalue weighted by Gasteiger charge is -2.34. The van der Waals surface area contributed by atoms with E-state index in [-0.39, 0.29) is 24.2 Å². The second-order valence-corrected chi connectivity index (χ2v) is 6.03. The van der Waals surface area contributed by atoms with Crippen LogP contribution in [-0.2, 0) is 4.74 Å². The van der Waals surface area contributed by atoms with E-state index in [4.69, 9.17) is 4.74 Å². The summed E-state index contributed by atoms with van der Waals surface area (Å²) in [4.78, 5) is 14.0. The van der Waals surface area contributed by atoms with Crippen LogP contribution in [0.4, 0.5) is 4.79 Å². The van der Waals surface area contributed by atoms with Crippen molar-refractivity contribution < 1.29 is 14.6 Å². The first-order valence-corrected chi connectivity index (χ1v) is 7.71. The van der Waals surface area contributed by atoms with E-state index in [0.717, 1.165) is 13.0 Å². The van der Waals surface area contributed by atoms with Crippen molar-refractivity contribution in [1.82, 2.24) is 4.90 Å². The first-order valence-electron chi connectivity index (χ1n) is 7.71. The van der Waals surface area contributed by atoms with Crippen LogP contribution in [0.25, 0.3) is 0 Å². The molecule has 4 heteroatoms. The third-order valence-electron chi connectivity index (χ3n) is 5.01. The van der Waals surface area contributed by atoms with E-state index in [0.29, 0.717) is 18.4 Å². The van der Waals surface area contributed by atoms with Crippen molar-refractivity contribution in [3.8, 4) is 0 Å². The number of carbonyl (C=O) groups excluding carboxylic acids is 1. The maximum Gasteiger partial charge on any atom is 0.410 e. The van der Waals surface area contributed by atoms with E-state index < -0.39 is 0 Å². The third-order valence-corrected chi connectivity index (χ3v) is 5.01. The number of aliphatic hydroxyl groups is 1. The maximum absolute atomic E-state index is 12.1. The standard InChI is InChI=1S/C15H27NO3/c1-4-13(17)10(3)14-12-8-6-7-11(12)9-16(14)15(18)19-5-2/h10-14,17H,4-9H2,1-3H3. The Morgan fingerprint density at radius 1 is 1.42 bits per heavy atom. The summed E-state index contributed by atoms with van der Waals surface area (Å²) >= 11 is 0. The zero-order valence-corrected chi connectivity index (χ0v) is 12.3. The zero-order chi connectivity index (χ0) is 14.0. The fourth-order valence-electron chi connectivity index (χ4n) is 4.02. The summed E-state index contributed by atoms with van der Waals surface area (Å²) in [5, 5.41) is 10.2. The van der Waals surface area contributed by atoms with Crippen molar-refractivity contribution in [2.75, 3.05) is 13.2 Å². The summed E-state index contributed by atoms with van der Waals surface area (Å²) in [5.74, 6) is 1.30. The minimum atomic E-state index is -0.332. The molecule has 0 bridgehead atoms. The SMILES string of the molecule is CCOC(=O)N1CC2CCCC2C1C(C)C(O)CC. The Hall–Kier alpha value is -0.770. The first-order chi connectivity index (χ1) is 9.10. The molecule has 0 aromatic rings. The lowest BCUT2D eigenvalue weighted by atomic mass is 9.83. The lowest BCUT2D eigenvalue weighted by molar-refractivity contribution is 0.0368. The molecular weight excluding hydrogens is 242 g/mol. The van der Waals surface area contributed by atoms with Crippen LogP contribution in [0, 0.1) is 17.8 Å². The van der Waals surface area contributed by atoms with Crippen LogP contribution in [0.3, 0.4) is 0 Å². The molecule has 5 atom stereocenters. The van der Waals surface area contributed by atoms with Gasteiger partial charge in [-0.25, -0.2) is 4.79 Å². The van der Waals surface area contributed by atoms with Crippen molar-refractivity contribution in [3.05, 3.63) is 0 Å². The molecule has 0 aromatic carbocycles. The highest BCUT2D eigenvalue weighted by Gasteiger charge is 2.49. The fourth-order valence-corrected chi connectivity index (χ4v) is 4.02. The molecule has 0 spiro atoms. The van der Waals surface area contributed by atoms with Gasteiger partial charge in [-0.1, -0.05) is 20.3 Å². The molecule has 1 amide bonds. The van der Waals surface area contributed by atoms with Crippen LogP contribution in [0.15, 0.2) is 0 Å². The predicted molar refractivity (Wildman–Crippen MR) is 73.8 cm³/mol. The Balaban J connectivity index is 2.15. The van der Waals surface area contributed by atoms with Gasteiger partial charge in [0.25, 0.3) is 0 Å². The van der Waals surface area contributed by atoms with Gasteiger partial charge in [-0.05, 0) is 38.0 Å². The molecule has 1 N–H and O–H groups in total. The van der Waals surface area contributed by atoms with Crippen LogP contribution in [0.5, 0.6) is 0 Å². The number of hydrogen-bond acceptors (Lipinski definition) is 3. The van der Waals surface area contributed by atoms with Gasteiger partial charge < -0.3 is 14.7 Å². The minimum Gasteiger partial charge on any atom is -0.450 e. The molecular formula is C15H27NO3. The van der Waals surface area contributed by atoms with E-state index in [2.05, 4.69) is 6.92 Å². The van der Waals surface area contributed by atoms with E-state index in [1.807, 2.05) is 18.7 Å². The second kappa shape index (κ2) is 6.12. The summed E-state index contributed by atoms with van der Waals surface area (Å²) < 4.78 is 5.19. The van der Waals surface area contributed by atoms with Crippen molar-refractivity contribution >= 4 is 6.09 Å². The van der Waals surface area contributed by atoms with Gasteiger partial charge in [0.05, 0.1) is 12.7 Å². The molecule has 1 saturated carbocycles. The van der Waals surface area contributed by atoms with Gasteiger partial charge >= 0.3 is 6.09 Å². The summed E-state index contributed by atoms with van der Waals surface area (Å²) in [6.07, 6.45) is 3.87. The largest absolute Gasteiger partial charge is 0.450 e. The molecule has 1 saturated heterocycles. The summed E-state index contributed by atoms with van der Waals surface area (Å²) in [6, 6.07) is 0.154. The molecule has 5 unspecified atom stereocenters. The number of ether oxygens (including phenoxy) is 1. The van der Waals surface area contributed by atoms with Crippen LogP contribution in [0.1, 0.15) is 46.5 Å². The summed E-state index contributed by atoms with van der Waals surface area (Å²) in [6.45, 7) is 7.15. The highest BCUT2D eigenvalue weighted by Crippen LogP contribution is 2.45. The Bertz CT molecular complexity index is 321. The number of aliphatic hydroxyl groups excluding tert-OH is 1. The van der Waals surface area contributed by atoms with Crippen molar-refractivity contribution in [1.29, 1.82) is 0 Å². The molecule has 4 nitrogen and oxygen atoms in total. The summed E-state index contributed by atoms with van der Waals surface area (Å²) in [7, 11) is 0. The molecule has 1 aliphatic carbocycles. The topological polar surface area (TPSA) is 49.8 Å². The van der Waals surface area contributed by atoms with Gasteiger partial charge in [0.1, 0.15) is 0 Å². The van der Waals surface area contributed by atoms with Crippen LogP contribution in [0.2, 0.25) is 0 Å². The van der Waals surface area contributed by atoms with Gasteiger partial charge in [0, 0.05) is 18.5 Å². The predicted octanol–water partition coefficient (Wildman–Crippen LogP) is 2.65. The molecule has 2 aliphatic rings. The Kier molecular flexibility index (Phi) is 4.71. The van der Waals surface area contributed by atoms with Gasteiger partial charge in [0.15, 0.2) is 0 Å². The number of likely N-dealkylation sites (tertiary alicyclic amines) is 1. The van der Waals surface area contributed by atoms with Gasteiger partial charge in [-0.3, -0.25) is 0 Å². The van der Waals surface area contributed by atoms with Gasteiger partial charge in [-0.2, -0.15) is 0 Å². The highest BCUT2D eigenvalue weighted by molar-refractivity contribution is 5.68. The van der Waals surface area contributed by atoms with Crippen LogP contribution in [-0.4, -0.2) is 41.4 Å².